The van der Waals surface area contributed by atoms with E-state index >= 15 is 0 Å². The SMILES string of the molecule is COc1cc(CC(=O)Oc2ccc3c(=O)c(-c4ccccc4)c(C)oc3c2)cc(OC)c1OC. The summed E-state index contributed by atoms with van der Waals surface area (Å²) in [6, 6.07) is 17.5. The first-order chi connectivity index (χ1) is 16.4. The van der Waals surface area contributed by atoms with Gasteiger partial charge in [-0.05, 0) is 42.3 Å². The average Bonchev–Trinajstić information content (AvgIpc) is 2.83. The topological polar surface area (TPSA) is 84.2 Å². The maximum absolute atomic E-state index is 13.1. The number of fused-ring (bicyclic) bond motifs is 1. The van der Waals surface area contributed by atoms with E-state index in [1.165, 1.54) is 21.3 Å². The lowest BCUT2D eigenvalue weighted by Gasteiger charge is -2.14. The summed E-state index contributed by atoms with van der Waals surface area (Å²) < 4.78 is 27.4. The zero-order valence-electron chi connectivity index (χ0n) is 19.3. The van der Waals surface area contributed by atoms with E-state index in [1.807, 2.05) is 30.3 Å². The molecule has 0 spiro atoms. The van der Waals surface area contributed by atoms with Crippen LogP contribution in [0.5, 0.6) is 23.0 Å². The van der Waals surface area contributed by atoms with Gasteiger partial charge in [0.25, 0.3) is 0 Å². The normalized spacial score (nSPS) is 10.7. The molecule has 4 rings (SSSR count). The van der Waals surface area contributed by atoms with E-state index in [-0.39, 0.29) is 17.6 Å². The Morgan fingerprint density at radius 3 is 2.18 bits per heavy atom. The Balaban J connectivity index is 1.59. The van der Waals surface area contributed by atoms with Crippen molar-refractivity contribution in [1.82, 2.24) is 0 Å². The second-order valence-electron chi connectivity index (χ2n) is 7.57. The predicted octanol–water partition coefficient (Wildman–Crippen LogP) is 4.94. The average molecular weight is 460 g/mol. The summed E-state index contributed by atoms with van der Waals surface area (Å²) in [7, 11) is 4.53. The highest BCUT2D eigenvalue weighted by molar-refractivity contribution is 5.85. The molecule has 174 valence electrons. The van der Waals surface area contributed by atoms with Gasteiger partial charge < -0.3 is 23.4 Å². The van der Waals surface area contributed by atoms with Gasteiger partial charge in [0.05, 0.1) is 38.7 Å². The third-order valence-corrected chi connectivity index (χ3v) is 5.41. The molecule has 0 aliphatic heterocycles. The van der Waals surface area contributed by atoms with Crippen LogP contribution in [0.3, 0.4) is 0 Å². The van der Waals surface area contributed by atoms with Crippen molar-refractivity contribution in [2.45, 2.75) is 13.3 Å². The molecule has 7 heteroatoms. The molecule has 34 heavy (non-hydrogen) atoms. The molecule has 0 aliphatic rings. The molecule has 0 aliphatic carbocycles. The monoisotopic (exact) mass is 460 g/mol. The van der Waals surface area contributed by atoms with Crippen LogP contribution in [0.1, 0.15) is 11.3 Å². The molecule has 3 aromatic carbocycles. The van der Waals surface area contributed by atoms with Crippen LogP contribution in [0.2, 0.25) is 0 Å². The second kappa shape index (κ2) is 9.70. The Labute approximate surface area is 196 Å². The van der Waals surface area contributed by atoms with E-state index in [0.717, 1.165) is 5.56 Å². The molecule has 0 saturated carbocycles. The van der Waals surface area contributed by atoms with Gasteiger partial charge in [0.2, 0.25) is 11.2 Å². The quantitative estimate of drug-likeness (QED) is 0.285. The second-order valence-corrected chi connectivity index (χ2v) is 7.57. The highest BCUT2D eigenvalue weighted by Crippen LogP contribution is 2.38. The van der Waals surface area contributed by atoms with Gasteiger partial charge in [-0.25, -0.2) is 0 Å². The zero-order valence-corrected chi connectivity index (χ0v) is 19.3. The summed E-state index contributed by atoms with van der Waals surface area (Å²) >= 11 is 0. The molecule has 0 saturated heterocycles. The van der Waals surface area contributed by atoms with E-state index < -0.39 is 5.97 Å². The largest absolute Gasteiger partial charge is 0.493 e. The fourth-order valence-electron chi connectivity index (χ4n) is 3.86. The van der Waals surface area contributed by atoms with Crippen LogP contribution < -0.4 is 24.4 Å². The van der Waals surface area contributed by atoms with E-state index in [1.54, 1.807) is 37.3 Å². The molecule has 4 aromatic rings. The van der Waals surface area contributed by atoms with Crippen molar-refractivity contribution in [3.8, 4) is 34.1 Å². The minimum absolute atomic E-state index is 0.0231. The lowest BCUT2D eigenvalue weighted by molar-refractivity contribution is -0.133. The molecule has 0 radical (unpaired) electrons. The molecule has 0 fully saturated rings. The van der Waals surface area contributed by atoms with Crippen LogP contribution in [0.4, 0.5) is 0 Å². The van der Waals surface area contributed by atoms with E-state index in [4.69, 9.17) is 23.4 Å². The summed E-state index contributed by atoms with van der Waals surface area (Å²) in [4.78, 5) is 25.7. The number of hydrogen-bond donors (Lipinski definition) is 0. The van der Waals surface area contributed by atoms with Crippen LogP contribution in [0.25, 0.3) is 22.1 Å². The van der Waals surface area contributed by atoms with Crippen molar-refractivity contribution in [3.63, 3.8) is 0 Å². The number of rotatable bonds is 7. The Morgan fingerprint density at radius 2 is 1.56 bits per heavy atom. The van der Waals surface area contributed by atoms with E-state index in [0.29, 0.717) is 45.1 Å². The van der Waals surface area contributed by atoms with Crippen LogP contribution in [0, 0.1) is 6.92 Å². The van der Waals surface area contributed by atoms with Gasteiger partial charge in [0.15, 0.2) is 11.5 Å². The highest BCUT2D eigenvalue weighted by Gasteiger charge is 2.17. The molecule has 1 heterocycles. The van der Waals surface area contributed by atoms with Gasteiger partial charge in [0, 0.05) is 6.07 Å². The molecule has 0 atom stereocenters. The summed E-state index contributed by atoms with van der Waals surface area (Å²) in [5, 5.41) is 0.411. The molecule has 0 bridgehead atoms. The number of methoxy groups -OCH3 is 3. The van der Waals surface area contributed by atoms with Crippen molar-refractivity contribution in [2.75, 3.05) is 21.3 Å². The molecular weight excluding hydrogens is 436 g/mol. The molecular formula is C27H24O7. The number of hydrogen-bond acceptors (Lipinski definition) is 7. The third kappa shape index (κ3) is 4.45. The van der Waals surface area contributed by atoms with Gasteiger partial charge in [-0.3, -0.25) is 9.59 Å². The first-order valence-corrected chi connectivity index (χ1v) is 10.6. The van der Waals surface area contributed by atoms with Gasteiger partial charge in [-0.1, -0.05) is 30.3 Å². The zero-order chi connectivity index (χ0) is 24.2. The van der Waals surface area contributed by atoms with Crippen LogP contribution in [-0.2, 0) is 11.2 Å². The first-order valence-electron chi connectivity index (χ1n) is 10.6. The lowest BCUT2D eigenvalue weighted by atomic mass is 10.0. The fourth-order valence-corrected chi connectivity index (χ4v) is 3.86. The van der Waals surface area contributed by atoms with Gasteiger partial charge in [0.1, 0.15) is 17.1 Å². The summed E-state index contributed by atoms with van der Waals surface area (Å²) in [5.41, 5.74) is 2.15. The van der Waals surface area contributed by atoms with Crippen molar-refractivity contribution >= 4 is 16.9 Å². The lowest BCUT2D eigenvalue weighted by Crippen LogP contribution is -2.12. The summed E-state index contributed by atoms with van der Waals surface area (Å²) in [6.07, 6.45) is -0.0231. The van der Waals surface area contributed by atoms with Gasteiger partial charge >= 0.3 is 5.97 Å². The van der Waals surface area contributed by atoms with Crippen molar-refractivity contribution in [2.24, 2.45) is 0 Å². The number of ether oxygens (including phenoxy) is 4. The first kappa shape index (κ1) is 22.9. The van der Waals surface area contributed by atoms with Crippen LogP contribution in [0.15, 0.2) is 69.9 Å². The summed E-state index contributed by atoms with van der Waals surface area (Å²) in [6.45, 7) is 1.74. The molecule has 0 unspecified atom stereocenters. The Hall–Kier alpha value is -4.26. The van der Waals surface area contributed by atoms with Gasteiger partial charge in [-0.15, -0.1) is 0 Å². The highest BCUT2D eigenvalue weighted by atomic mass is 16.5. The Bertz CT molecular complexity index is 1380. The smallest absolute Gasteiger partial charge is 0.315 e. The third-order valence-electron chi connectivity index (χ3n) is 5.41. The molecule has 0 amide bonds. The predicted molar refractivity (Wildman–Crippen MR) is 128 cm³/mol. The Morgan fingerprint density at radius 1 is 0.882 bits per heavy atom. The van der Waals surface area contributed by atoms with Crippen molar-refractivity contribution in [3.05, 3.63) is 82.2 Å². The maximum atomic E-state index is 13.1. The number of aryl methyl sites for hydroxylation is 1. The van der Waals surface area contributed by atoms with Gasteiger partial charge in [-0.2, -0.15) is 0 Å². The minimum atomic E-state index is -0.492. The minimum Gasteiger partial charge on any atom is -0.493 e. The standard InChI is InChI=1S/C27H24O7/c1-16-25(18-8-6-5-7-9-18)26(29)20-11-10-19(15-21(20)33-16)34-24(28)14-17-12-22(30-2)27(32-4)23(13-17)31-3/h5-13,15H,14H2,1-4H3. The number of carbonyl (C=O) groups is 1. The number of esters is 1. The Kier molecular flexibility index (Phi) is 6.54. The van der Waals surface area contributed by atoms with Crippen LogP contribution in [-0.4, -0.2) is 27.3 Å². The van der Waals surface area contributed by atoms with Crippen molar-refractivity contribution in [1.29, 1.82) is 0 Å². The van der Waals surface area contributed by atoms with Crippen molar-refractivity contribution < 1.29 is 28.2 Å². The van der Waals surface area contributed by atoms with Crippen LogP contribution >= 0.6 is 0 Å². The number of benzene rings is 3. The van der Waals surface area contributed by atoms with E-state index in [9.17, 15) is 9.59 Å². The van der Waals surface area contributed by atoms with E-state index in [2.05, 4.69) is 0 Å². The maximum Gasteiger partial charge on any atom is 0.315 e. The fraction of sp³-hybridized carbons (Fsp3) is 0.185. The summed E-state index contributed by atoms with van der Waals surface area (Å²) in [5.74, 6) is 1.61. The molecule has 7 nitrogen and oxygen atoms in total. The molecule has 1 aromatic heterocycles. The number of carbonyl (C=O) groups excluding carboxylic acids is 1. The molecule has 0 N–H and O–H groups in total.